The minimum atomic E-state index is -0.221. The molecule has 1 aromatic rings. The van der Waals surface area contributed by atoms with Crippen LogP contribution in [-0.4, -0.2) is 31.8 Å². The van der Waals surface area contributed by atoms with E-state index >= 15 is 0 Å². The van der Waals surface area contributed by atoms with Gasteiger partial charge in [-0.25, -0.2) is 0 Å². The minimum absolute atomic E-state index is 0.149. The molecular formula is C14H20N2O3. The number of carbonyl (C=O) groups is 1. The van der Waals surface area contributed by atoms with Gasteiger partial charge < -0.3 is 20.5 Å². The predicted molar refractivity (Wildman–Crippen MR) is 73.3 cm³/mol. The lowest BCUT2D eigenvalue weighted by Gasteiger charge is -2.34. The smallest absolute Gasteiger partial charge is 0.253 e. The van der Waals surface area contributed by atoms with Gasteiger partial charge in [-0.1, -0.05) is 0 Å². The van der Waals surface area contributed by atoms with Crippen LogP contribution < -0.4 is 15.8 Å². The van der Waals surface area contributed by atoms with Gasteiger partial charge in [-0.05, 0) is 31.9 Å². The number of carbonyl (C=O) groups excluding carboxylic acids is 1. The SMILES string of the molecule is COc1ccc(C(=O)NC2(C)CCOCC2)c(N)c1. The number of ether oxygens (including phenoxy) is 2. The molecule has 104 valence electrons. The van der Waals surface area contributed by atoms with E-state index in [1.807, 2.05) is 6.92 Å². The van der Waals surface area contributed by atoms with E-state index in [9.17, 15) is 4.79 Å². The number of hydrogen-bond acceptors (Lipinski definition) is 4. The molecule has 1 aromatic carbocycles. The zero-order valence-electron chi connectivity index (χ0n) is 11.4. The van der Waals surface area contributed by atoms with Crippen LogP contribution in [0, 0.1) is 0 Å². The van der Waals surface area contributed by atoms with Gasteiger partial charge in [-0.3, -0.25) is 4.79 Å². The Labute approximate surface area is 113 Å². The summed E-state index contributed by atoms with van der Waals surface area (Å²) in [6, 6.07) is 5.07. The number of amides is 1. The van der Waals surface area contributed by atoms with Gasteiger partial charge in [0.2, 0.25) is 0 Å². The molecule has 3 N–H and O–H groups in total. The molecule has 0 spiro atoms. The van der Waals surface area contributed by atoms with Gasteiger partial charge in [0.15, 0.2) is 0 Å². The van der Waals surface area contributed by atoms with Gasteiger partial charge >= 0.3 is 0 Å². The quantitative estimate of drug-likeness (QED) is 0.813. The fourth-order valence-electron chi connectivity index (χ4n) is 2.16. The number of rotatable bonds is 3. The van der Waals surface area contributed by atoms with Crippen molar-refractivity contribution >= 4 is 11.6 Å². The molecule has 5 heteroatoms. The fraction of sp³-hybridized carbons (Fsp3) is 0.500. The monoisotopic (exact) mass is 264 g/mol. The normalized spacial score (nSPS) is 17.8. The highest BCUT2D eigenvalue weighted by atomic mass is 16.5. The lowest BCUT2D eigenvalue weighted by Crippen LogP contribution is -2.49. The van der Waals surface area contributed by atoms with Crippen molar-refractivity contribution in [3.05, 3.63) is 23.8 Å². The molecule has 0 unspecified atom stereocenters. The highest BCUT2D eigenvalue weighted by Crippen LogP contribution is 2.23. The Bertz CT molecular complexity index is 468. The first-order valence-electron chi connectivity index (χ1n) is 6.38. The molecule has 0 radical (unpaired) electrons. The molecule has 1 fully saturated rings. The van der Waals surface area contributed by atoms with Crippen LogP contribution in [-0.2, 0) is 4.74 Å². The van der Waals surface area contributed by atoms with Gasteiger partial charge in [-0.15, -0.1) is 0 Å². The van der Waals surface area contributed by atoms with E-state index in [1.54, 1.807) is 25.3 Å². The van der Waals surface area contributed by atoms with E-state index in [0.717, 1.165) is 12.8 Å². The third kappa shape index (κ3) is 3.17. The zero-order valence-corrected chi connectivity index (χ0v) is 11.4. The largest absolute Gasteiger partial charge is 0.497 e. The summed E-state index contributed by atoms with van der Waals surface area (Å²) >= 11 is 0. The maximum atomic E-state index is 12.3. The van der Waals surface area contributed by atoms with E-state index < -0.39 is 0 Å². The van der Waals surface area contributed by atoms with Gasteiger partial charge in [0.1, 0.15) is 5.75 Å². The molecule has 1 aliphatic heterocycles. The third-order valence-electron chi connectivity index (χ3n) is 3.52. The number of nitrogens with two attached hydrogens (primary N) is 1. The molecule has 2 rings (SSSR count). The number of nitrogens with one attached hydrogen (secondary N) is 1. The molecule has 1 aliphatic rings. The predicted octanol–water partition coefficient (Wildman–Crippen LogP) is 1.58. The zero-order chi connectivity index (χ0) is 13.9. The van der Waals surface area contributed by atoms with Crippen molar-refractivity contribution in [2.45, 2.75) is 25.3 Å². The number of nitrogen functional groups attached to an aromatic ring is 1. The van der Waals surface area contributed by atoms with Crippen LogP contribution in [0.3, 0.4) is 0 Å². The number of methoxy groups -OCH3 is 1. The first kappa shape index (κ1) is 13.7. The Kier molecular flexibility index (Phi) is 3.95. The van der Waals surface area contributed by atoms with Gasteiger partial charge in [-0.2, -0.15) is 0 Å². The van der Waals surface area contributed by atoms with Crippen molar-refractivity contribution in [2.75, 3.05) is 26.1 Å². The van der Waals surface area contributed by atoms with Gasteiger partial charge in [0, 0.05) is 30.5 Å². The van der Waals surface area contributed by atoms with Crippen molar-refractivity contribution in [2.24, 2.45) is 0 Å². The van der Waals surface area contributed by atoms with Crippen molar-refractivity contribution in [3.63, 3.8) is 0 Å². The molecule has 0 bridgehead atoms. The van der Waals surface area contributed by atoms with Crippen LogP contribution in [0.25, 0.3) is 0 Å². The van der Waals surface area contributed by atoms with Crippen molar-refractivity contribution in [3.8, 4) is 5.75 Å². The summed E-state index contributed by atoms with van der Waals surface area (Å²) in [6.45, 7) is 3.39. The number of hydrogen-bond donors (Lipinski definition) is 2. The summed E-state index contributed by atoms with van der Waals surface area (Å²) < 4.78 is 10.4. The molecule has 0 atom stereocenters. The molecule has 19 heavy (non-hydrogen) atoms. The number of benzene rings is 1. The summed E-state index contributed by atoms with van der Waals surface area (Å²) in [6.07, 6.45) is 1.63. The molecule has 1 amide bonds. The van der Waals surface area contributed by atoms with Crippen LogP contribution in [0.2, 0.25) is 0 Å². The second-order valence-electron chi connectivity index (χ2n) is 5.08. The molecule has 0 aliphatic carbocycles. The molecule has 1 heterocycles. The second-order valence-corrected chi connectivity index (χ2v) is 5.08. The highest BCUT2D eigenvalue weighted by molar-refractivity contribution is 5.99. The highest BCUT2D eigenvalue weighted by Gasteiger charge is 2.29. The Morgan fingerprint density at radius 2 is 2.11 bits per heavy atom. The topological polar surface area (TPSA) is 73.6 Å². The van der Waals surface area contributed by atoms with E-state index in [0.29, 0.717) is 30.2 Å². The first-order valence-corrected chi connectivity index (χ1v) is 6.38. The number of anilines is 1. The standard InChI is InChI=1S/C14H20N2O3/c1-14(5-7-19-8-6-14)16-13(17)11-4-3-10(18-2)9-12(11)15/h3-4,9H,5-8,15H2,1-2H3,(H,16,17). The third-order valence-corrected chi connectivity index (χ3v) is 3.52. The Balaban J connectivity index is 2.11. The molecular weight excluding hydrogens is 244 g/mol. The summed E-state index contributed by atoms with van der Waals surface area (Å²) in [5.74, 6) is 0.496. The Morgan fingerprint density at radius 1 is 1.42 bits per heavy atom. The Hall–Kier alpha value is -1.75. The summed E-state index contributed by atoms with van der Waals surface area (Å²) in [5, 5.41) is 3.05. The van der Waals surface area contributed by atoms with E-state index in [4.69, 9.17) is 15.2 Å². The summed E-state index contributed by atoms with van der Waals surface area (Å²) in [4.78, 5) is 12.3. The van der Waals surface area contributed by atoms with Crippen LogP contribution in [0.4, 0.5) is 5.69 Å². The van der Waals surface area contributed by atoms with Crippen LogP contribution in [0.5, 0.6) is 5.75 Å². The summed E-state index contributed by atoms with van der Waals surface area (Å²) in [5.41, 5.74) is 6.56. The maximum absolute atomic E-state index is 12.3. The maximum Gasteiger partial charge on any atom is 0.253 e. The molecule has 1 saturated heterocycles. The first-order chi connectivity index (χ1) is 9.04. The van der Waals surface area contributed by atoms with E-state index in [-0.39, 0.29) is 11.4 Å². The van der Waals surface area contributed by atoms with Crippen molar-refractivity contribution in [1.29, 1.82) is 0 Å². The van der Waals surface area contributed by atoms with E-state index in [1.165, 1.54) is 0 Å². The molecule has 0 saturated carbocycles. The molecule has 0 aromatic heterocycles. The van der Waals surface area contributed by atoms with Gasteiger partial charge in [0.05, 0.1) is 12.7 Å². The lowest BCUT2D eigenvalue weighted by molar-refractivity contribution is 0.0423. The second kappa shape index (κ2) is 5.48. The van der Waals surface area contributed by atoms with Crippen LogP contribution in [0.15, 0.2) is 18.2 Å². The minimum Gasteiger partial charge on any atom is -0.497 e. The fourth-order valence-corrected chi connectivity index (χ4v) is 2.16. The average Bonchev–Trinajstić information content (AvgIpc) is 2.38. The van der Waals surface area contributed by atoms with Crippen molar-refractivity contribution in [1.82, 2.24) is 5.32 Å². The molecule has 5 nitrogen and oxygen atoms in total. The van der Waals surface area contributed by atoms with Crippen LogP contribution in [0.1, 0.15) is 30.1 Å². The van der Waals surface area contributed by atoms with Gasteiger partial charge in [0.25, 0.3) is 5.91 Å². The Morgan fingerprint density at radius 3 is 2.68 bits per heavy atom. The van der Waals surface area contributed by atoms with Crippen LogP contribution >= 0.6 is 0 Å². The van der Waals surface area contributed by atoms with Crippen molar-refractivity contribution < 1.29 is 14.3 Å². The summed E-state index contributed by atoms with van der Waals surface area (Å²) in [7, 11) is 1.57. The van der Waals surface area contributed by atoms with E-state index in [2.05, 4.69) is 5.32 Å². The lowest BCUT2D eigenvalue weighted by atomic mass is 9.92. The average molecular weight is 264 g/mol.